The van der Waals surface area contributed by atoms with Crippen LogP contribution in [0.5, 0.6) is 0 Å². The zero-order valence-electron chi connectivity index (χ0n) is 9.38. The molecule has 7 heteroatoms. The summed E-state index contributed by atoms with van der Waals surface area (Å²) in [6.45, 7) is 3.17. The third-order valence-corrected chi connectivity index (χ3v) is 1.65. The molecule has 0 aromatic carbocycles. The van der Waals surface area contributed by atoms with E-state index < -0.39 is 18.0 Å². The molecule has 0 heterocycles. The van der Waals surface area contributed by atoms with E-state index in [0.717, 1.165) is 0 Å². The van der Waals surface area contributed by atoms with Gasteiger partial charge < -0.3 is 9.47 Å². The molecule has 0 aliphatic carbocycles. The van der Waals surface area contributed by atoms with Gasteiger partial charge in [0.1, 0.15) is 12.7 Å². The summed E-state index contributed by atoms with van der Waals surface area (Å²) in [5.74, 6) is -0.816. The summed E-state index contributed by atoms with van der Waals surface area (Å²) in [4.78, 5) is 24.4. The minimum absolute atomic E-state index is 0.0424. The number of nitrogens with zero attached hydrogens (tertiary/aromatic N) is 3. The zero-order valence-corrected chi connectivity index (χ0v) is 9.38. The van der Waals surface area contributed by atoms with Gasteiger partial charge >= 0.3 is 11.9 Å². The lowest BCUT2D eigenvalue weighted by Gasteiger charge is -2.15. The van der Waals surface area contributed by atoms with Crippen LogP contribution >= 0.6 is 0 Å². The monoisotopic (exact) mass is 229 g/mol. The molecule has 0 aliphatic rings. The minimum Gasteiger partial charge on any atom is -0.462 e. The Balaban J connectivity index is 4.14. The minimum atomic E-state index is -0.709. The van der Waals surface area contributed by atoms with Gasteiger partial charge in [-0.2, -0.15) is 0 Å². The number of ether oxygens (including phenoxy) is 2. The molecule has 0 amide bonds. The van der Waals surface area contributed by atoms with Crippen molar-refractivity contribution in [1.29, 1.82) is 0 Å². The van der Waals surface area contributed by atoms with Crippen molar-refractivity contribution in [3.05, 3.63) is 10.4 Å². The summed E-state index contributed by atoms with van der Waals surface area (Å²) >= 11 is 0. The van der Waals surface area contributed by atoms with E-state index in [1.165, 1.54) is 0 Å². The molecular formula is C9H15N3O4. The molecule has 0 spiro atoms. The maximum absolute atomic E-state index is 11.0. The molecule has 0 aromatic heterocycles. The van der Waals surface area contributed by atoms with Gasteiger partial charge in [-0.05, 0) is 5.53 Å². The Bertz CT molecular complexity index is 286. The first-order valence-corrected chi connectivity index (χ1v) is 4.99. The lowest BCUT2D eigenvalue weighted by atomic mass is 10.3. The summed E-state index contributed by atoms with van der Waals surface area (Å²) < 4.78 is 9.71. The molecule has 16 heavy (non-hydrogen) atoms. The number of carbonyl (C=O) groups is 2. The highest BCUT2D eigenvalue weighted by Crippen LogP contribution is 1.99. The first-order valence-electron chi connectivity index (χ1n) is 4.99. The molecule has 0 saturated carbocycles. The molecule has 0 saturated heterocycles. The van der Waals surface area contributed by atoms with Crippen LogP contribution < -0.4 is 0 Å². The van der Waals surface area contributed by atoms with Crippen molar-refractivity contribution in [2.45, 2.75) is 32.8 Å². The summed E-state index contributed by atoms with van der Waals surface area (Å²) in [5, 5.41) is 3.28. The van der Waals surface area contributed by atoms with Crippen LogP contribution in [0.2, 0.25) is 0 Å². The Hall–Kier alpha value is -1.75. The molecular weight excluding hydrogens is 214 g/mol. The van der Waals surface area contributed by atoms with Gasteiger partial charge in [0.05, 0.1) is 6.54 Å². The fourth-order valence-corrected chi connectivity index (χ4v) is 0.809. The van der Waals surface area contributed by atoms with E-state index in [1.54, 1.807) is 13.8 Å². The SMILES string of the molecule is CCC(=O)OCC(CN=[N+]=[N-])OC(=O)CC. The first-order chi connectivity index (χ1) is 7.63. The lowest BCUT2D eigenvalue weighted by molar-refractivity contribution is -0.158. The summed E-state index contributed by atoms with van der Waals surface area (Å²) in [5.41, 5.74) is 8.14. The van der Waals surface area contributed by atoms with E-state index in [4.69, 9.17) is 15.0 Å². The van der Waals surface area contributed by atoms with Gasteiger partial charge in [-0.3, -0.25) is 9.59 Å². The second-order valence-electron chi connectivity index (χ2n) is 2.92. The standard InChI is InChI=1S/C9H15N3O4/c1-3-8(13)15-6-7(5-11-12-10)16-9(14)4-2/h7H,3-6H2,1-2H3. The van der Waals surface area contributed by atoms with Crippen LogP contribution in [0.1, 0.15) is 26.7 Å². The smallest absolute Gasteiger partial charge is 0.305 e. The van der Waals surface area contributed by atoms with Crippen molar-refractivity contribution in [2.75, 3.05) is 13.2 Å². The molecule has 0 N–H and O–H groups in total. The van der Waals surface area contributed by atoms with Crippen LogP contribution in [0.25, 0.3) is 10.4 Å². The van der Waals surface area contributed by atoms with Crippen molar-refractivity contribution < 1.29 is 19.1 Å². The number of esters is 2. The van der Waals surface area contributed by atoms with E-state index in [-0.39, 0.29) is 26.0 Å². The molecule has 0 radical (unpaired) electrons. The van der Waals surface area contributed by atoms with Gasteiger partial charge in [-0.1, -0.05) is 19.0 Å². The van der Waals surface area contributed by atoms with Crippen molar-refractivity contribution in [2.24, 2.45) is 5.11 Å². The third kappa shape index (κ3) is 6.67. The predicted molar refractivity (Wildman–Crippen MR) is 55.4 cm³/mol. The van der Waals surface area contributed by atoms with Crippen LogP contribution in [0.15, 0.2) is 5.11 Å². The van der Waals surface area contributed by atoms with E-state index in [2.05, 4.69) is 10.0 Å². The first kappa shape index (κ1) is 14.2. The number of azide groups is 1. The van der Waals surface area contributed by atoms with Crippen molar-refractivity contribution >= 4 is 11.9 Å². The van der Waals surface area contributed by atoms with E-state index >= 15 is 0 Å². The summed E-state index contributed by atoms with van der Waals surface area (Å²) in [6.07, 6.45) is -0.247. The van der Waals surface area contributed by atoms with Crippen molar-refractivity contribution in [3.8, 4) is 0 Å². The molecule has 1 atom stereocenters. The van der Waals surface area contributed by atoms with Gasteiger partial charge in [-0.15, -0.1) is 0 Å². The highest BCUT2D eigenvalue weighted by atomic mass is 16.6. The van der Waals surface area contributed by atoms with Crippen LogP contribution in [0.4, 0.5) is 0 Å². The Morgan fingerprint density at radius 2 is 1.94 bits per heavy atom. The van der Waals surface area contributed by atoms with Crippen LogP contribution in [0.3, 0.4) is 0 Å². The average Bonchev–Trinajstić information content (AvgIpc) is 2.31. The highest BCUT2D eigenvalue weighted by molar-refractivity contribution is 5.70. The maximum atomic E-state index is 11.0. The van der Waals surface area contributed by atoms with Crippen LogP contribution in [-0.4, -0.2) is 31.2 Å². The van der Waals surface area contributed by atoms with E-state index in [9.17, 15) is 9.59 Å². The van der Waals surface area contributed by atoms with Gasteiger partial charge in [-0.25, -0.2) is 0 Å². The normalized spacial score (nSPS) is 11.1. The highest BCUT2D eigenvalue weighted by Gasteiger charge is 2.14. The molecule has 90 valence electrons. The average molecular weight is 229 g/mol. The molecule has 0 aliphatic heterocycles. The fourth-order valence-electron chi connectivity index (χ4n) is 0.809. The lowest BCUT2D eigenvalue weighted by Crippen LogP contribution is -2.27. The van der Waals surface area contributed by atoms with Crippen LogP contribution in [0, 0.1) is 0 Å². The zero-order chi connectivity index (χ0) is 12.4. The Labute approximate surface area is 93.3 Å². The van der Waals surface area contributed by atoms with Crippen molar-refractivity contribution in [1.82, 2.24) is 0 Å². The predicted octanol–water partition coefficient (Wildman–Crippen LogP) is 1.57. The number of rotatable bonds is 7. The van der Waals surface area contributed by atoms with Crippen LogP contribution in [-0.2, 0) is 19.1 Å². The Morgan fingerprint density at radius 3 is 2.44 bits per heavy atom. The largest absolute Gasteiger partial charge is 0.462 e. The van der Waals surface area contributed by atoms with Gasteiger partial charge in [0.15, 0.2) is 0 Å². The van der Waals surface area contributed by atoms with Gasteiger partial charge in [0.2, 0.25) is 0 Å². The molecule has 7 nitrogen and oxygen atoms in total. The van der Waals surface area contributed by atoms with Gasteiger partial charge in [0.25, 0.3) is 0 Å². The van der Waals surface area contributed by atoms with Crippen molar-refractivity contribution in [3.63, 3.8) is 0 Å². The topological polar surface area (TPSA) is 101 Å². The molecule has 0 fully saturated rings. The van der Waals surface area contributed by atoms with E-state index in [1.807, 2.05) is 0 Å². The quantitative estimate of drug-likeness (QED) is 0.286. The number of hydrogen-bond acceptors (Lipinski definition) is 5. The molecule has 0 rings (SSSR count). The Morgan fingerprint density at radius 1 is 1.31 bits per heavy atom. The maximum Gasteiger partial charge on any atom is 0.305 e. The fraction of sp³-hybridized carbons (Fsp3) is 0.778. The van der Waals surface area contributed by atoms with Gasteiger partial charge in [0, 0.05) is 17.8 Å². The summed E-state index contributed by atoms with van der Waals surface area (Å²) in [6, 6.07) is 0. The summed E-state index contributed by atoms with van der Waals surface area (Å²) in [7, 11) is 0. The molecule has 0 aromatic rings. The third-order valence-electron chi connectivity index (χ3n) is 1.65. The molecule has 1 unspecified atom stereocenters. The number of carbonyl (C=O) groups excluding carboxylic acids is 2. The second kappa shape index (κ2) is 8.55. The molecule has 0 bridgehead atoms. The second-order valence-corrected chi connectivity index (χ2v) is 2.92. The number of hydrogen-bond donors (Lipinski definition) is 0. The van der Waals surface area contributed by atoms with E-state index in [0.29, 0.717) is 0 Å². The Kier molecular flexibility index (Phi) is 7.61.